The number of anilines is 1. The van der Waals surface area contributed by atoms with Gasteiger partial charge in [0.2, 0.25) is 0 Å². The maximum Gasteiger partial charge on any atom is 0.274 e. The van der Waals surface area contributed by atoms with Crippen LogP contribution in [0, 0.1) is 24.0 Å². The van der Waals surface area contributed by atoms with Crippen LogP contribution in [0.15, 0.2) is 42.5 Å². The molecule has 0 bridgehead atoms. The Labute approximate surface area is 148 Å². The molecule has 0 saturated carbocycles. The Morgan fingerprint density at radius 1 is 1.16 bits per heavy atom. The number of carbonyl (C=O) groups is 1. The predicted molar refractivity (Wildman–Crippen MR) is 97.3 cm³/mol. The van der Waals surface area contributed by atoms with Gasteiger partial charge in [-0.15, -0.1) is 0 Å². The fourth-order valence-electron chi connectivity index (χ4n) is 2.56. The molecule has 0 aliphatic carbocycles. The van der Waals surface area contributed by atoms with E-state index >= 15 is 0 Å². The second-order valence-electron chi connectivity index (χ2n) is 5.67. The summed E-state index contributed by atoms with van der Waals surface area (Å²) >= 11 is 5.99. The molecule has 0 aliphatic rings. The van der Waals surface area contributed by atoms with E-state index in [1.165, 1.54) is 6.07 Å². The average molecular weight is 356 g/mol. The molecule has 0 aliphatic heterocycles. The van der Waals surface area contributed by atoms with Gasteiger partial charge in [-0.3, -0.25) is 19.9 Å². The van der Waals surface area contributed by atoms with E-state index in [1.807, 2.05) is 0 Å². The molecular formula is C18H14ClN3O3. The number of aryl methyl sites for hydroxylation is 2. The van der Waals surface area contributed by atoms with Gasteiger partial charge in [-0.2, -0.15) is 0 Å². The van der Waals surface area contributed by atoms with Crippen LogP contribution in [0.4, 0.5) is 11.4 Å². The van der Waals surface area contributed by atoms with E-state index in [1.54, 1.807) is 50.2 Å². The van der Waals surface area contributed by atoms with Crippen molar-refractivity contribution in [1.82, 2.24) is 4.98 Å². The molecule has 1 aromatic heterocycles. The van der Waals surface area contributed by atoms with Crippen molar-refractivity contribution < 1.29 is 9.72 Å². The quantitative estimate of drug-likeness (QED) is 0.546. The Hall–Kier alpha value is -2.99. The van der Waals surface area contributed by atoms with Crippen molar-refractivity contribution in [3.63, 3.8) is 0 Å². The number of nitro benzene ring substituents is 1. The Kier molecular flexibility index (Phi) is 4.37. The number of pyridine rings is 1. The van der Waals surface area contributed by atoms with Crippen molar-refractivity contribution in [2.24, 2.45) is 0 Å². The summed E-state index contributed by atoms with van der Waals surface area (Å²) in [5, 5.41) is 15.0. The van der Waals surface area contributed by atoms with Crippen LogP contribution in [-0.4, -0.2) is 15.8 Å². The summed E-state index contributed by atoms with van der Waals surface area (Å²) in [6.07, 6.45) is 0. The van der Waals surface area contributed by atoms with Gasteiger partial charge < -0.3 is 5.32 Å². The summed E-state index contributed by atoms with van der Waals surface area (Å²) in [5.74, 6) is -0.384. The van der Waals surface area contributed by atoms with Crippen LogP contribution in [-0.2, 0) is 0 Å². The molecule has 0 saturated heterocycles. The molecule has 1 amide bonds. The number of rotatable bonds is 3. The minimum atomic E-state index is -0.476. The van der Waals surface area contributed by atoms with Gasteiger partial charge in [-0.05, 0) is 44.2 Å². The first kappa shape index (κ1) is 16.9. The molecule has 0 spiro atoms. The lowest BCUT2D eigenvalue weighted by atomic mass is 10.1. The zero-order valence-electron chi connectivity index (χ0n) is 13.5. The molecule has 0 fully saturated rings. The maximum absolute atomic E-state index is 12.6. The molecule has 0 atom stereocenters. The third kappa shape index (κ3) is 3.44. The molecule has 2 aromatic carbocycles. The number of nitrogens with one attached hydrogen (secondary N) is 1. The molecule has 6 nitrogen and oxygen atoms in total. The van der Waals surface area contributed by atoms with Crippen LogP contribution in [0.3, 0.4) is 0 Å². The average Bonchev–Trinajstić information content (AvgIpc) is 2.56. The van der Waals surface area contributed by atoms with E-state index < -0.39 is 4.92 Å². The highest BCUT2D eigenvalue weighted by Crippen LogP contribution is 2.24. The summed E-state index contributed by atoms with van der Waals surface area (Å²) in [4.78, 5) is 27.5. The van der Waals surface area contributed by atoms with Gasteiger partial charge in [0.1, 0.15) is 0 Å². The van der Waals surface area contributed by atoms with Crippen molar-refractivity contribution in [1.29, 1.82) is 0 Å². The van der Waals surface area contributed by atoms with Crippen molar-refractivity contribution in [2.75, 3.05) is 5.32 Å². The molecule has 126 valence electrons. The lowest BCUT2D eigenvalue weighted by Gasteiger charge is -2.09. The number of halogens is 1. The van der Waals surface area contributed by atoms with Gasteiger partial charge in [-0.1, -0.05) is 17.7 Å². The Balaban J connectivity index is 1.96. The summed E-state index contributed by atoms with van der Waals surface area (Å²) < 4.78 is 0. The first-order chi connectivity index (χ1) is 11.8. The molecule has 0 unspecified atom stereocenters. The van der Waals surface area contributed by atoms with Crippen LogP contribution in [0.2, 0.25) is 5.02 Å². The monoisotopic (exact) mass is 355 g/mol. The molecular weight excluding hydrogens is 342 g/mol. The van der Waals surface area contributed by atoms with Crippen molar-refractivity contribution >= 4 is 39.8 Å². The lowest BCUT2D eigenvalue weighted by molar-refractivity contribution is -0.385. The highest BCUT2D eigenvalue weighted by Gasteiger charge is 2.15. The number of carbonyl (C=O) groups excluding carboxylic acids is 1. The highest BCUT2D eigenvalue weighted by molar-refractivity contribution is 6.31. The number of nitrogens with zero attached hydrogens (tertiary/aromatic N) is 2. The zero-order valence-corrected chi connectivity index (χ0v) is 14.3. The second-order valence-corrected chi connectivity index (χ2v) is 6.11. The molecule has 1 heterocycles. The van der Waals surface area contributed by atoms with Crippen molar-refractivity contribution in [2.45, 2.75) is 13.8 Å². The maximum atomic E-state index is 12.6. The molecule has 0 radical (unpaired) electrons. The molecule has 3 aromatic rings. The minimum absolute atomic E-state index is 0.0436. The topological polar surface area (TPSA) is 85.1 Å². The van der Waals surface area contributed by atoms with E-state index in [0.717, 1.165) is 10.9 Å². The Bertz CT molecular complexity index is 1020. The van der Waals surface area contributed by atoms with Gasteiger partial charge in [0.15, 0.2) is 0 Å². The van der Waals surface area contributed by atoms with Crippen LogP contribution in [0.1, 0.15) is 21.6 Å². The summed E-state index contributed by atoms with van der Waals surface area (Å²) in [7, 11) is 0. The zero-order chi connectivity index (χ0) is 18.1. The molecule has 1 N–H and O–H groups in total. The summed E-state index contributed by atoms with van der Waals surface area (Å²) in [6, 6.07) is 11.5. The number of nitro groups is 1. The van der Waals surface area contributed by atoms with E-state index in [4.69, 9.17) is 11.6 Å². The number of hydrogen-bond donors (Lipinski definition) is 1. The van der Waals surface area contributed by atoms with E-state index in [-0.39, 0.29) is 11.6 Å². The van der Waals surface area contributed by atoms with Crippen molar-refractivity contribution in [3.8, 4) is 0 Å². The predicted octanol–water partition coefficient (Wildman–Crippen LogP) is 4.67. The Morgan fingerprint density at radius 3 is 2.64 bits per heavy atom. The van der Waals surface area contributed by atoms with Crippen molar-refractivity contribution in [3.05, 3.63) is 74.4 Å². The second kappa shape index (κ2) is 6.49. The van der Waals surface area contributed by atoms with Gasteiger partial charge in [0.05, 0.1) is 21.7 Å². The summed E-state index contributed by atoms with van der Waals surface area (Å²) in [6.45, 7) is 3.38. The first-order valence-corrected chi connectivity index (χ1v) is 7.86. The smallest absolute Gasteiger partial charge is 0.274 e. The fraction of sp³-hybridized carbons (Fsp3) is 0.111. The van der Waals surface area contributed by atoms with Gasteiger partial charge in [-0.25, -0.2) is 0 Å². The number of aromatic nitrogens is 1. The highest BCUT2D eigenvalue weighted by atomic mass is 35.5. The number of benzene rings is 2. The SMILES string of the molecule is Cc1ccc(NC(=O)c2cc3cc(Cl)ccc3nc2C)cc1[N+](=O)[O-]. The fourth-order valence-corrected chi connectivity index (χ4v) is 2.74. The van der Waals surface area contributed by atoms with E-state index in [2.05, 4.69) is 10.3 Å². The van der Waals surface area contributed by atoms with Crippen LogP contribution < -0.4 is 5.32 Å². The third-order valence-electron chi connectivity index (χ3n) is 3.88. The number of fused-ring (bicyclic) bond motifs is 1. The first-order valence-electron chi connectivity index (χ1n) is 7.48. The van der Waals surface area contributed by atoms with Gasteiger partial charge >= 0.3 is 0 Å². The van der Waals surface area contributed by atoms with E-state index in [9.17, 15) is 14.9 Å². The minimum Gasteiger partial charge on any atom is -0.322 e. The van der Waals surface area contributed by atoms with Gasteiger partial charge in [0, 0.05) is 27.7 Å². The van der Waals surface area contributed by atoms with Crippen LogP contribution in [0.25, 0.3) is 10.9 Å². The number of amides is 1. The molecule has 7 heteroatoms. The lowest BCUT2D eigenvalue weighted by Crippen LogP contribution is -2.14. The van der Waals surface area contributed by atoms with Crippen LogP contribution >= 0.6 is 11.6 Å². The van der Waals surface area contributed by atoms with Gasteiger partial charge in [0.25, 0.3) is 11.6 Å². The number of hydrogen-bond acceptors (Lipinski definition) is 4. The molecule has 25 heavy (non-hydrogen) atoms. The van der Waals surface area contributed by atoms with E-state index in [0.29, 0.717) is 27.5 Å². The normalized spacial score (nSPS) is 10.7. The largest absolute Gasteiger partial charge is 0.322 e. The standard InChI is InChI=1S/C18H14ClN3O3/c1-10-3-5-14(9-17(10)22(24)25)21-18(23)15-8-12-7-13(19)4-6-16(12)20-11(15)2/h3-9H,1-2H3,(H,21,23). The molecule has 3 rings (SSSR count). The third-order valence-corrected chi connectivity index (χ3v) is 4.11. The van der Waals surface area contributed by atoms with Crippen LogP contribution in [0.5, 0.6) is 0 Å². The Morgan fingerprint density at radius 2 is 1.92 bits per heavy atom. The summed E-state index contributed by atoms with van der Waals surface area (Å²) in [5.41, 5.74) is 2.53.